The second-order valence-electron chi connectivity index (χ2n) is 8.33. The number of carbonyl (C=O) groups is 2. The Morgan fingerprint density at radius 1 is 1.33 bits per heavy atom. The standard InChI is InChI=1S/C19H32N4O4/c1-13(2)17-21-16(27-22-17)10-9-15(24)20-12-14-8-6-7-11-23(14)18(25)26-19(3,4)5/h13-14H,6-12H2,1-5H3,(H,20,24). The summed E-state index contributed by atoms with van der Waals surface area (Å²) in [7, 11) is 0. The van der Waals surface area contributed by atoms with Crippen molar-refractivity contribution in [2.75, 3.05) is 13.1 Å². The number of aryl methyl sites for hydroxylation is 1. The predicted octanol–water partition coefficient (Wildman–Crippen LogP) is 3.03. The Balaban J connectivity index is 1.80. The number of ether oxygens (including phenoxy) is 1. The van der Waals surface area contributed by atoms with Gasteiger partial charge in [-0.3, -0.25) is 4.79 Å². The Hall–Kier alpha value is -2.12. The molecule has 1 aromatic rings. The minimum absolute atomic E-state index is 0.0338. The lowest BCUT2D eigenvalue weighted by molar-refractivity contribution is -0.121. The molecule has 0 radical (unpaired) electrons. The molecule has 2 amide bonds. The highest BCUT2D eigenvalue weighted by Crippen LogP contribution is 2.20. The first-order valence-corrected chi connectivity index (χ1v) is 9.74. The van der Waals surface area contributed by atoms with Crippen LogP contribution in [-0.4, -0.2) is 51.8 Å². The van der Waals surface area contributed by atoms with Crippen LogP contribution in [-0.2, 0) is 16.0 Å². The summed E-state index contributed by atoms with van der Waals surface area (Å²) in [5, 5.41) is 6.82. The van der Waals surface area contributed by atoms with Crippen LogP contribution >= 0.6 is 0 Å². The Kier molecular flexibility index (Phi) is 7.21. The Labute approximate surface area is 161 Å². The maximum absolute atomic E-state index is 12.4. The van der Waals surface area contributed by atoms with Crippen LogP contribution < -0.4 is 5.32 Å². The van der Waals surface area contributed by atoms with Crippen LogP contribution in [0.15, 0.2) is 4.52 Å². The molecule has 0 bridgehead atoms. The van der Waals surface area contributed by atoms with Gasteiger partial charge in [0.05, 0.1) is 6.04 Å². The van der Waals surface area contributed by atoms with Gasteiger partial charge in [-0.2, -0.15) is 4.98 Å². The lowest BCUT2D eigenvalue weighted by Gasteiger charge is -2.36. The summed E-state index contributed by atoms with van der Waals surface area (Å²) >= 11 is 0. The average molecular weight is 380 g/mol. The normalized spacial score (nSPS) is 17.9. The lowest BCUT2D eigenvalue weighted by Crippen LogP contribution is -2.50. The van der Waals surface area contributed by atoms with E-state index in [0.717, 1.165) is 19.3 Å². The zero-order valence-electron chi connectivity index (χ0n) is 17.1. The molecule has 0 saturated carbocycles. The first-order valence-electron chi connectivity index (χ1n) is 9.74. The Bertz CT molecular complexity index is 636. The third-order valence-corrected chi connectivity index (χ3v) is 4.36. The molecule has 27 heavy (non-hydrogen) atoms. The van der Waals surface area contributed by atoms with Crippen molar-refractivity contribution in [3.8, 4) is 0 Å². The number of rotatable bonds is 6. The summed E-state index contributed by atoms with van der Waals surface area (Å²) in [5.74, 6) is 1.23. The molecular weight excluding hydrogens is 348 g/mol. The number of piperidine rings is 1. The minimum Gasteiger partial charge on any atom is -0.444 e. The third kappa shape index (κ3) is 6.84. The highest BCUT2D eigenvalue weighted by molar-refractivity contribution is 5.76. The lowest BCUT2D eigenvalue weighted by atomic mass is 10.0. The summed E-state index contributed by atoms with van der Waals surface area (Å²) in [6.45, 7) is 10.6. The maximum atomic E-state index is 12.4. The molecule has 2 heterocycles. The molecule has 1 aromatic heterocycles. The summed E-state index contributed by atoms with van der Waals surface area (Å²) < 4.78 is 10.6. The first-order chi connectivity index (χ1) is 12.7. The summed E-state index contributed by atoms with van der Waals surface area (Å²) in [5.41, 5.74) is -0.527. The second-order valence-corrected chi connectivity index (χ2v) is 8.33. The van der Waals surface area contributed by atoms with Crippen molar-refractivity contribution >= 4 is 12.0 Å². The molecule has 1 aliphatic rings. The molecule has 8 heteroatoms. The van der Waals surface area contributed by atoms with E-state index >= 15 is 0 Å². The number of likely N-dealkylation sites (tertiary alicyclic amines) is 1. The Morgan fingerprint density at radius 2 is 2.07 bits per heavy atom. The van der Waals surface area contributed by atoms with E-state index in [0.29, 0.717) is 31.2 Å². The number of carbonyl (C=O) groups excluding carboxylic acids is 2. The number of aromatic nitrogens is 2. The molecule has 1 fully saturated rings. The minimum atomic E-state index is -0.527. The second kappa shape index (κ2) is 9.19. The van der Waals surface area contributed by atoms with Crippen LogP contribution in [0.2, 0.25) is 0 Å². The number of hydrogen-bond acceptors (Lipinski definition) is 6. The van der Waals surface area contributed by atoms with Gasteiger partial charge in [-0.05, 0) is 40.0 Å². The van der Waals surface area contributed by atoms with Crippen molar-refractivity contribution in [1.82, 2.24) is 20.4 Å². The van der Waals surface area contributed by atoms with Crippen molar-refractivity contribution in [3.63, 3.8) is 0 Å². The SMILES string of the molecule is CC(C)c1noc(CCC(=O)NCC2CCCCN2C(=O)OC(C)(C)C)n1. The van der Waals surface area contributed by atoms with E-state index in [4.69, 9.17) is 9.26 Å². The zero-order valence-corrected chi connectivity index (χ0v) is 17.1. The number of hydrogen-bond donors (Lipinski definition) is 1. The molecule has 1 atom stereocenters. The molecule has 1 unspecified atom stereocenters. The van der Waals surface area contributed by atoms with Gasteiger partial charge >= 0.3 is 6.09 Å². The molecule has 152 valence electrons. The summed E-state index contributed by atoms with van der Waals surface area (Å²) in [4.78, 5) is 30.6. The molecule has 8 nitrogen and oxygen atoms in total. The van der Waals surface area contributed by atoms with E-state index in [1.807, 2.05) is 34.6 Å². The Morgan fingerprint density at radius 3 is 2.70 bits per heavy atom. The van der Waals surface area contributed by atoms with Crippen LogP contribution in [0.3, 0.4) is 0 Å². The molecule has 1 N–H and O–H groups in total. The smallest absolute Gasteiger partial charge is 0.410 e. The fourth-order valence-electron chi connectivity index (χ4n) is 2.92. The molecule has 2 rings (SSSR count). The van der Waals surface area contributed by atoms with E-state index in [2.05, 4.69) is 15.5 Å². The highest BCUT2D eigenvalue weighted by atomic mass is 16.6. The van der Waals surface area contributed by atoms with E-state index in [1.54, 1.807) is 4.90 Å². The first kappa shape index (κ1) is 21.2. The number of nitrogens with zero attached hydrogens (tertiary/aromatic N) is 3. The van der Waals surface area contributed by atoms with E-state index in [9.17, 15) is 9.59 Å². The van der Waals surface area contributed by atoms with Crippen LogP contribution in [0.4, 0.5) is 4.79 Å². The summed E-state index contributed by atoms with van der Waals surface area (Å²) in [6.07, 6.45) is 3.23. The van der Waals surface area contributed by atoms with Crippen LogP contribution in [0, 0.1) is 0 Å². The van der Waals surface area contributed by atoms with Gasteiger partial charge in [0.15, 0.2) is 5.82 Å². The summed E-state index contributed by atoms with van der Waals surface area (Å²) in [6, 6.07) is -0.0338. The molecule has 1 aliphatic heterocycles. The van der Waals surface area contributed by atoms with Gasteiger partial charge in [-0.25, -0.2) is 4.79 Å². The van der Waals surface area contributed by atoms with E-state index in [1.165, 1.54) is 0 Å². The van der Waals surface area contributed by atoms with Gasteiger partial charge < -0.3 is 19.5 Å². The maximum Gasteiger partial charge on any atom is 0.410 e. The zero-order chi connectivity index (χ0) is 20.0. The van der Waals surface area contributed by atoms with Gasteiger partial charge in [0.1, 0.15) is 5.60 Å². The van der Waals surface area contributed by atoms with Crippen molar-refractivity contribution in [2.45, 2.75) is 84.3 Å². The third-order valence-electron chi connectivity index (χ3n) is 4.36. The van der Waals surface area contributed by atoms with Gasteiger partial charge in [-0.15, -0.1) is 0 Å². The van der Waals surface area contributed by atoms with Crippen molar-refractivity contribution in [1.29, 1.82) is 0 Å². The quantitative estimate of drug-likeness (QED) is 0.815. The molecule has 1 saturated heterocycles. The fourth-order valence-corrected chi connectivity index (χ4v) is 2.92. The van der Waals surface area contributed by atoms with Gasteiger partial charge in [0, 0.05) is 31.8 Å². The predicted molar refractivity (Wildman–Crippen MR) is 100 cm³/mol. The van der Waals surface area contributed by atoms with Gasteiger partial charge in [0.25, 0.3) is 0 Å². The molecular formula is C19H32N4O4. The van der Waals surface area contributed by atoms with Gasteiger partial charge in [0.2, 0.25) is 11.8 Å². The fraction of sp³-hybridized carbons (Fsp3) is 0.789. The monoisotopic (exact) mass is 380 g/mol. The highest BCUT2D eigenvalue weighted by Gasteiger charge is 2.30. The van der Waals surface area contributed by atoms with Crippen LogP contribution in [0.5, 0.6) is 0 Å². The number of nitrogens with one attached hydrogen (secondary N) is 1. The van der Waals surface area contributed by atoms with Gasteiger partial charge in [-0.1, -0.05) is 19.0 Å². The van der Waals surface area contributed by atoms with E-state index in [-0.39, 0.29) is 30.4 Å². The van der Waals surface area contributed by atoms with E-state index < -0.39 is 5.60 Å². The number of amides is 2. The van der Waals surface area contributed by atoms with Crippen molar-refractivity contribution in [2.24, 2.45) is 0 Å². The van der Waals surface area contributed by atoms with Crippen LogP contribution in [0.25, 0.3) is 0 Å². The van der Waals surface area contributed by atoms with Crippen molar-refractivity contribution in [3.05, 3.63) is 11.7 Å². The molecule has 0 spiro atoms. The van der Waals surface area contributed by atoms with Crippen molar-refractivity contribution < 1.29 is 18.8 Å². The topological polar surface area (TPSA) is 97.6 Å². The average Bonchev–Trinajstić information content (AvgIpc) is 3.06. The molecule has 0 aliphatic carbocycles. The van der Waals surface area contributed by atoms with Crippen LogP contribution in [0.1, 0.15) is 77.9 Å². The largest absolute Gasteiger partial charge is 0.444 e. The molecule has 0 aromatic carbocycles.